The topological polar surface area (TPSA) is 70.6 Å². The standard InChI is InChI=1S/C20H22ClN3O3S2/c1-4-23(5-2)29(26,27)18-13-14(11-12-15(18)21)19(25)24(6-3)20-22-16-9-7-8-10-17(16)28-20/h7-13H,4-6H2,1-3H3. The highest BCUT2D eigenvalue weighted by atomic mass is 35.5. The third kappa shape index (κ3) is 4.16. The van der Waals surface area contributed by atoms with Crippen molar-refractivity contribution in [1.82, 2.24) is 9.29 Å². The number of hydrogen-bond donors (Lipinski definition) is 0. The number of hydrogen-bond acceptors (Lipinski definition) is 5. The van der Waals surface area contributed by atoms with Crippen molar-refractivity contribution in [1.29, 1.82) is 0 Å². The average Bonchev–Trinajstić information content (AvgIpc) is 3.13. The molecule has 3 rings (SSSR count). The Morgan fingerprint density at radius 3 is 2.38 bits per heavy atom. The molecule has 29 heavy (non-hydrogen) atoms. The van der Waals surface area contributed by atoms with Crippen molar-refractivity contribution in [2.24, 2.45) is 0 Å². The Hall–Kier alpha value is -2.00. The molecule has 0 saturated heterocycles. The van der Waals surface area contributed by atoms with E-state index in [1.807, 2.05) is 31.2 Å². The van der Waals surface area contributed by atoms with E-state index in [-0.39, 0.29) is 21.4 Å². The number of carbonyl (C=O) groups excluding carboxylic acids is 1. The van der Waals surface area contributed by atoms with Crippen LogP contribution in [0.1, 0.15) is 31.1 Å². The van der Waals surface area contributed by atoms with Gasteiger partial charge in [-0.2, -0.15) is 4.31 Å². The van der Waals surface area contributed by atoms with Gasteiger partial charge in [0, 0.05) is 25.2 Å². The third-order valence-electron chi connectivity index (χ3n) is 4.58. The molecule has 9 heteroatoms. The highest BCUT2D eigenvalue weighted by Crippen LogP contribution is 2.31. The second-order valence-electron chi connectivity index (χ2n) is 6.25. The summed E-state index contributed by atoms with van der Waals surface area (Å²) in [7, 11) is -3.79. The summed E-state index contributed by atoms with van der Waals surface area (Å²) in [6.07, 6.45) is 0. The number of carbonyl (C=O) groups is 1. The van der Waals surface area contributed by atoms with E-state index in [0.29, 0.717) is 24.8 Å². The van der Waals surface area contributed by atoms with Gasteiger partial charge in [-0.05, 0) is 37.3 Å². The van der Waals surface area contributed by atoms with E-state index in [1.165, 1.54) is 27.8 Å². The fourth-order valence-corrected chi connectivity index (χ4v) is 6.02. The quantitative estimate of drug-likeness (QED) is 0.524. The molecule has 0 spiro atoms. The molecule has 1 aromatic heterocycles. The minimum absolute atomic E-state index is 0.0610. The fraction of sp³-hybridized carbons (Fsp3) is 0.300. The molecule has 1 amide bonds. The Bertz CT molecular complexity index is 1110. The van der Waals surface area contributed by atoms with Gasteiger partial charge in [-0.25, -0.2) is 13.4 Å². The Balaban J connectivity index is 2.02. The normalized spacial score (nSPS) is 11.9. The van der Waals surface area contributed by atoms with E-state index >= 15 is 0 Å². The molecule has 0 bridgehead atoms. The van der Waals surface area contributed by atoms with Crippen LogP contribution >= 0.6 is 22.9 Å². The lowest BCUT2D eigenvalue weighted by atomic mass is 10.2. The molecule has 0 fully saturated rings. The van der Waals surface area contributed by atoms with Crippen LogP contribution in [0, 0.1) is 0 Å². The molecule has 0 aliphatic rings. The lowest BCUT2D eigenvalue weighted by molar-refractivity contribution is 0.0988. The maximum atomic E-state index is 13.2. The van der Waals surface area contributed by atoms with Gasteiger partial charge in [0.15, 0.2) is 5.13 Å². The number of benzene rings is 2. The van der Waals surface area contributed by atoms with Crippen molar-refractivity contribution in [2.45, 2.75) is 25.7 Å². The monoisotopic (exact) mass is 451 g/mol. The van der Waals surface area contributed by atoms with Crippen LogP contribution in [0.3, 0.4) is 0 Å². The van der Waals surface area contributed by atoms with Gasteiger partial charge in [0.25, 0.3) is 5.91 Å². The summed E-state index contributed by atoms with van der Waals surface area (Å²) >= 11 is 7.61. The number of halogens is 1. The SMILES string of the molecule is CCN(C(=O)c1ccc(Cl)c(S(=O)(=O)N(CC)CC)c1)c1nc2ccccc2s1. The van der Waals surface area contributed by atoms with Crippen molar-refractivity contribution >= 4 is 54.2 Å². The molecule has 0 saturated carbocycles. The number of para-hydroxylation sites is 1. The molecule has 0 atom stereocenters. The summed E-state index contributed by atoms with van der Waals surface area (Å²) in [4.78, 5) is 19.2. The van der Waals surface area contributed by atoms with Crippen molar-refractivity contribution in [3.05, 3.63) is 53.1 Å². The van der Waals surface area contributed by atoms with Crippen LogP contribution in [0.5, 0.6) is 0 Å². The van der Waals surface area contributed by atoms with Gasteiger partial charge in [0.1, 0.15) is 4.90 Å². The molecule has 0 aliphatic heterocycles. The Morgan fingerprint density at radius 1 is 1.07 bits per heavy atom. The molecule has 2 aromatic carbocycles. The van der Waals surface area contributed by atoms with Gasteiger partial charge in [0.2, 0.25) is 10.0 Å². The molecular weight excluding hydrogens is 430 g/mol. The number of rotatable bonds is 7. The predicted molar refractivity (Wildman–Crippen MR) is 119 cm³/mol. The molecule has 1 heterocycles. The maximum Gasteiger partial charge on any atom is 0.260 e. The first-order valence-electron chi connectivity index (χ1n) is 9.30. The summed E-state index contributed by atoms with van der Waals surface area (Å²) in [6, 6.07) is 12.0. The zero-order chi connectivity index (χ0) is 21.2. The molecule has 6 nitrogen and oxygen atoms in total. The molecule has 0 N–H and O–H groups in total. The van der Waals surface area contributed by atoms with E-state index in [4.69, 9.17) is 11.6 Å². The Labute approximate surface area is 179 Å². The zero-order valence-corrected chi connectivity index (χ0v) is 18.8. The summed E-state index contributed by atoms with van der Waals surface area (Å²) in [6.45, 7) is 6.42. The minimum atomic E-state index is -3.79. The molecule has 0 aliphatic carbocycles. The third-order valence-corrected chi connectivity index (χ3v) is 8.17. The first-order chi connectivity index (χ1) is 13.8. The minimum Gasteiger partial charge on any atom is -0.284 e. The molecule has 154 valence electrons. The average molecular weight is 452 g/mol. The number of thiazole rings is 1. The van der Waals surface area contributed by atoms with Gasteiger partial charge < -0.3 is 0 Å². The van der Waals surface area contributed by atoms with Crippen LogP contribution in [-0.2, 0) is 10.0 Å². The highest BCUT2D eigenvalue weighted by Gasteiger charge is 2.27. The number of sulfonamides is 1. The van der Waals surface area contributed by atoms with Crippen LogP contribution in [0.2, 0.25) is 5.02 Å². The number of fused-ring (bicyclic) bond motifs is 1. The fourth-order valence-electron chi connectivity index (χ4n) is 3.03. The van der Waals surface area contributed by atoms with Crippen LogP contribution in [-0.4, -0.2) is 43.2 Å². The number of aromatic nitrogens is 1. The van der Waals surface area contributed by atoms with Crippen LogP contribution < -0.4 is 4.90 Å². The van der Waals surface area contributed by atoms with Crippen molar-refractivity contribution in [3.8, 4) is 0 Å². The van der Waals surface area contributed by atoms with Crippen molar-refractivity contribution in [2.75, 3.05) is 24.5 Å². The number of anilines is 1. The van der Waals surface area contributed by atoms with Gasteiger partial charge in [0.05, 0.1) is 15.2 Å². The summed E-state index contributed by atoms with van der Waals surface area (Å²) < 4.78 is 28.1. The summed E-state index contributed by atoms with van der Waals surface area (Å²) in [5.41, 5.74) is 1.07. The van der Waals surface area contributed by atoms with Gasteiger partial charge in [-0.3, -0.25) is 9.69 Å². The van der Waals surface area contributed by atoms with E-state index in [9.17, 15) is 13.2 Å². The largest absolute Gasteiger partial charge is 0.284 e. The van der Waals surface area contributed by atoms with Gasteiger partial charge in [-0.1, -0.05) is 48.9 Å². The van der Waals surface area contributed by atoms with Crippen LogP contribution in [0.15, 0.2) is 47.4 Å². The van der Waals surface area contributed by atoms with Crippen LogP contribution in [0.25, 0.3) is 10.2 Å². The highest BCUT2D eigenvalue weighted by molar-refractivity contribution is 7.89. The van der Waals surface area contributed by atoms with E-state index < -0.39 is 10.0 Å². The van der Waals surface area contributed by atoms with Gasteiger partial charge >= 0.3 is 0 Å². The lowest BCUT2D eigenvalue weighted by Gasteiger charge is -2.21. The molecule has 0 unspecified atom stereocenters. The first kappa shape index (κ1) is 21.7. The summed E-state index contributed by atoms with van der Waals surface area (Å²) in [5, 5.41) is 0.665. The van der Waals surface area contributed by atoms with Crippen molar-refractivity contribution < 1.29 is 13.2 Å². The second-order valence-corrected chi connectivity index (χ2v) is 9.57. The Morgan fingerprint density at radius 2 is 1.76 bits per heavy atom. The maximum absolute atomic E-state index is 13.2. The number of nitrogens with zero attached hydrogens (tertiary/aromatic N) is 3. The van der Waals surface area contributed by atoms with Crippen molar-refractivity contribution in [3.63, 3.8) is 0 Å². The zero-order valence-electron chi connectivity index (χ0n) is 16.4. The van der Waals surface area contributed by atoms with E-state index in [0.717, 1.165) is 10.2 Å². The second kappa shape index (κ2) is 8.79. The van der Waals surface area contributed by atoms with Crippen LogP contribution in [0.4, 0.5) is 5.13 Å². The summed E-state index contributed by atoms with van der Waals surface area (Å²) in [5.74, 6) is -0.320. The first-order valence-corrected chi connectivity index (χ1v) is 11.9. The predicted octanol–water partition coefficient (Wildman–Crippen LogP) is 4.65. The molecule has 3 aromatic rings. The number of amides is 1. The molecule has 0 radical (unpaired) electrons. The molecular formula is C20H22ClN3O3S2. The lowest BCUT2D eigenvalue weighted by Crippen LogP contribution is -2.32. The van der Waals surface area contributed by atoms with Gasteiger partial charge in [-0.15, -0.1) is 0 Å². The van der Waals surface area contributed by atoms with E-state index in [2.05, 4.69) is 4.98 Å². The van der Waals surface area contributed by atoms with E-state index in [1.54, 1.807) is 24.8 Å². The Kier molecular flexibility index (Phi) is 6.58. The smallest absolute Gasteiger partial charge is 0.260 e.